The number of carbonyl (C=O) groups excluding carboxylic acids is 4. The van der Waals surface area contributed by atoms with E-state index in [1.807, 2.05) is 81.5 Å². The van der Waals surface area contributed by atoms with Crippen molar-refractivity contribution in [3.05, 3.63) is 95.9 Å². The predicted octanol–water partition coefficient (Wildman–Crippen LogP) is 4.42. The number of esters is 3. The van der Waals surface area contributed by atoms with Crippen molar-refractivity contribution in [3.63, 3.8) is 0 Å². The molecule has 2 unspecified atom stereocenters. The van der Waals surface area contributed by atoms with Gasteiger partial charge in [0, 0.05) is 49.4 Å². The van der Waals surface area contributed by atoms with Crippen LogP contribution in [-0.4, -0.2) is 83.2 Å². The molecule has 53 heavy (non-hydrogen) atoms. The van der Waals surface area contributed by atoms with E-state index in [1.165, 1.54) is 7.11 Å². The number of benzene rings is 2. The number of hydrogen-bond donors (Lipinski definition) is 3. The molecule has 1 amide bonds. The number of fused-ring (bicyclic) bond motifs is 1. The summed E-state index contributed by atoms with van der Waals surface area (Å²) in [6.45, 7) is 7.32. The highest BCUT2D eigenvalue weighted by Gasteiger charge is 2.69. The Morgan fingerprint density at radius 1 is 1.08 bits per heavy atom. The first-order chi connectivity index (χ1) is 25.4. The van der Waals surface area contributed by atoms with Crippen molar-refractivity contribution < 1.29 is 48.0 Å². The van der Waals surface area contributed by atoms with Gasteiger partial charge in [0.25, 0.3) is 0 Å². The van der Waals surface area contributed by atoms with Crippen LogP contribution in [0.5, 0.6) is 0 Å². The first kappa shape index (κ1) is 36.6. The number of cyclic esters (lactones) is 1. The Hall–Kier alpha value is -4.78. The standard InChI is InChI=1S/C41H46N2O10/c1-21-18-22(2)41-27(15-16-29-32(41)33(44)23(3)35(36(29)53-41)52-38(46)30-14-9-17-42-30)19-31(49-5)39(47)51-34(21)24(4)50-40(48)37(45)43-20-26-12-8-11-25-10-6-7-13-28(25)26/h6-18,21,23-24,27,29,31-36,42,44H,19-20H2,1-5H3,(H,43,45)/b22-18+/t21-,23-,24-,27-,29?,31+,32?,33-,34+,35-,36-,41+/m1/s1. The van der Waals surface area contributed by atoms with Crippen LogP contribution in [0.2, 0.25) is 0 Å². The molecule has 1 spiro atoms. The molecule has 4 aliphatic rings. The number of aromatic amines is 1. The van der Waals surface area contributed by atoms with Gasteiger partial charge in [0.05, 0.1) is 6.10 Å². The maximum atomic E-state index is 13.7. The van der Waals surface area contributed by atoms with Crippen molar-refractivity contribution in [2.24, 2.45) is 29.6 Å². The molecule has 1 saturated carbocycles. The van der Waals surface area contributed by atoms with Gasteiger partial charge >= 0.3 is 23.8 Å². The maximum absolute atomic E-state index is 13.7. The van der Waals surface area contributed by atoms with Gasteiger partial charge in [0.15, 0.2) is 6.10 Å². The van der Waals surface area contributed by atoms with Gasteiger partial charge in [-0.25, -0.2) is 14.4 Å². The molecule has 12 heteroatoms. The van der Waals surface area contributed by atoms with E-state index >= 15 is 0 Å². The molecule has 3 aromatic rings. The fourth-order valence-electron chi connectivity index (χ4n) is 9.11. The van der Waals surface area contributed by atoms with Gasteiger partial charge in [0.2, 0.25) is 0 Å². The van der Waals surface area contributed by atoms with Crippen molar-refractivity contribution in [2.45, 2.75) is 82.9 Å². The molecule has 12 atom stereocenters. The molecule has 280 valence electrons. The molecule has 2 aromatic carbocycles. The lowest BCUT2D eigenvalue weighted by molar-refractivity contribution is -0.180. The summed E-state index contributed by atoms with van der Waals surface area (Å²) in [5.74, 6) is -5.28. The summed E-state index contributed by atoms with van der Waals surface area (Å²) >= 11 is 0. The van der Waals surface area contributed by atoms with Crippen LogP contribution in [0.15, 0.2) is 84.6 Å². The van der Waals surface area contributed by atoms with Crippen LogP contribution in [0, 0.1) is 29.6 Å². The lowest BCUT2D eigenvalue weighted by atomic mass is 9.57. The zero-order valence-corrected chi connectivity index (χ0v) is 30.4. The van der Waals surface area contributed by atoms with Crippen molar-refractivity contribution in [1.82, 2.24) is 10.3 Å². The summed E-state index contributed by atoms with van der Waals surface area (Å²) in [6, 6.07) is 16.8. The minimum atomic E-state index is -1.11. The predicted molar refractivity (Wildman–Crippen MR) is 192 cm³/mol. The Labute approximate surface area is 307 Å². The molecule has 1 saturated heterocycles. The van der Waals surface area contributed by atoms with Gasteiger partial charge in [-0.3, -0.25) is 4.79 Å². The topological polar surface area (TPSA) is 162 Å². The highest BCUT2D eigenvalue weighted by molar-refractivity contribution is 6.32. The molecule has 1 aromatic heterocycles. The summed E-state index contributed by atoms with van der Waals surface area (Å²) in [4.78, 5) is 55.8. The second kappa shape index (κ2) is 14.6. The molecule has 3 heterocycles. The third-order valence-corrected chi connectivity index (χ3v) is 11.7. The molecule has 0 radical (unpaired) electrons. The Balaban J connectivity index is 1.13. The number of rotatable bonds is 7. The van der Waals surface area contributed by atoms with E-state index < -0.39 is 89.7 Å². The third-order valence-electron chi connectivity index (χ3n) is 11.7. The van der Waals surface area contributed by atoms with Crippen molar-refractivity contribution in [3.8, 4) is 0 Å². The highest BCUT2D eigenvalue weighted by atomic mass is 16.6. The number of aliphatic hydroxyl groups excluding tert-OH is 1. The number of H-pyrrole nitrogens is 1. The van der Waals surface area contributed by atoms with Crippen LogP contribution in [0.1, 0.15) is 50.2 Å². The van der Waals surface area contributed by atoms with Crippen molar-refractivity contribution in [1.29, 1.82) is 0 Å². The number of ether oxygens (including phenoxy) is 5. The number of hydrogen-bond acceptors (Lipinski definition) is 10. The fourth-order valence-corrected chi connectivity index (χ4v) is 9.11. The highest BCUT2D eigenvalue weighted by Crippen LogP contribution is 2.61. The largest absolute Gasteiger partial charge is 0.456 e. The maximum Gasteiger partial charge on any atom is 0.397 e. The average molecular weight is 727 g/mol. The Bertz CT molecular complexity index is 1930. The van der Waals surface area contributed by atoms with E-state index in [2.05, 4.69) is 10.3 Å². The van der Waals surface area contributed by atoms with Gasteiger partial charge in [-0.1, -0.05) is 74.5 Å². The first-order valence-electron chi connectivity index (χ1n) is 18.2. The number of carbonyl (C=O) groups is 4. The molecular formula is C41H46N2O10. The van der Waals surface area contributed by atoms with Crippen LogP contribution in [-0.2, 0) is 44.6 Å². The molecule has 2 fully saturated rings. The zero-order valence-electron chi connectivity index (χ0n) is 30.4. The second-order valence-electron chi connectivity index (χ2n) is 14.8. The van der Waals surface area contributed by atoms with Crippen LogP contribution in [0.4, 0.5) is 0 Å². The fraction of sp³-hybridized carbons (Fsp3) is 0.463. The van der Waals surface area contributed by atoms with Gasteiger partial charge in [-0.15, -0.1) is 0 Å². The monoisotopic (exact) mass is 726 g/mol. The van der Waals surface area contributed by atoms with E-state index in [-0.39, 0.29) is 18.9 Å². The average Bonchev–Trinajstić information content (AvgIpc) is 3.76. The van der Waals surface area contributed by atoms with Crippen LogP contribution < -0.4 is 5.32 Å². The van der Waals surface area contributed by atoms with Crippen molar-refractivity contribution >= 4 is 34.6 Å². The zero-order chi connectivity index (χ0) is 37.6. The summed E-state index contributed by atoms with van der Waals surface area (Å²) in [5.41, 5.74) is 0.872. The normalized spacial score (nSPS) is 34.9. The Morgan fingerprint density at radius 2 is 1.85 bits per heavy atom. The van der Waals surface area contributed by atoms with Crippen molar-refractivity contribution in [2.75, 3.05) is 7.11 Å². The third kappa shape index (κ3) is 6.46. The summed E-state index contributed by atoms with van der Waals surface area (Å²) in [7, 11) is 1.42. The van der Waals surface area contributed by atoms with Crippen LogP contribution in [0.3, 0.4) is 0 Å². The Kier molecular flexibility index (Phi) is 10.1. The number of amides is 1. The lowest BCUT2D eigenvalue weighted by Crippen LogP contribution is -2.57. The molecule has 4 bridgehead atoms. The number of aromatic nitrogens is 1. The van der Waals surface area contributed by atoms with E-state index in [0.29, 0.717) is 5.69 Å². The lowest BCUT2D eigenvalue weighted by Gasteiger charge is -2.48. The minimum Gasteiger partial charge on any atom is -0.456 e. The summed E-state index contributed by atoms with van der Waals surface area (Å²) in [5, 5.41) is 16.6. The van der Waals surface area contributed by atoms with Crippen LogP contribution >= 0.6 is 0 Å². The van der Waals surface area contributed by atoms with E-state index in [4.69, 9.17) is 23.7 Å². The van der Waals surface area contributed by atoms with Gasteiger partial charge in [0.1, 0.15) is 35.7 Å². The van der Waals surface area contributed by atoms with E-state index in [9.17, 15) is 24.3 Å². The Morgan fingerprint density at radius 3 is 2.60 bits per heavy atom. The van der Waals surface area contributed by atoms with Gasteiger partial charge in [-0.2, -0.15) is 0 Å². The molecule has 2 aliphatic carbocycles. The summed E-state index contributed by atoms with van der Waals surface area (Å²) in [6.07, 6.45) is 2.50. The molecular weight excluding hydrogens is 680 g/mol. The molecule has 3 N–H and O–H groups in total. The summed E-state index contributed by atoms with van der Waals surface area (Å²) < 4.78 is 30.4. The number of nitrogens with one attached hydrogen (secondary N) is 2. The second-order valence-corrected chi connectivity index (χ2v) is 14.8. The SMILES string of the molecule is CO[C@H]1C[C@H]2C=CC3C4[C@H](O)[C@@H](C)[C@@H](OC(=O)c5ccc[nH]5)[C@@H]3O[C@]42/C(C)=C/[C@@H](C)[C@@H]([C@@H](C)OC(=O)C(=O)NCc2cccc3ccccc23)OC1=O. The van der Waals surface area contributed by atoms with Gasteiger partial charge in [-0.05, 0) is 54.3 Å². The number of aliphatic hydroxyl groups is 1. The molecule has 2 aliphatic heterocycles. The smallest absolute Gasteiger partial charge is 0.397 e. The first-order valence-corrected chi connectivity index (χ1v) is 18.2. The van der Waals surface area contributed by atoms with Crippen LogP contribution in [0.25, 0.3) is 10.8 Å². The van der Waals surface area contributed by atoms with E-state index in [0.717, 1.165) is 21.9 Å². The molecule has 7 rings (SSSR count). The van der Waals surface area contributed by atoms with E-state index in [1.54, 1.807) is 25.3 Å². The minimum absolute atomic E-state index is 0.118. The van der Waals surface area contributed by atoms with Gasteiger partial charge < -0.3 is 39.1 Å². The number of methoxy groups -OCH3 is 1. The molecule has 12 nitrogen and oxygen atoms in total. The quantitative estimate of drug-likeness (QED) is 0.138.